The van der Waals surface area contributed by atoms with Crippen LogP contribution in [-0.4, -0.2) is 24.6 Å². The number of carbonyl (C=O) groups is 2. The van der Waals surface area contributed by atoms with Crippen molar-refractivity contribution in [2.45, 2.75) is 12.8 Å². The van der Waals surface area contributed by atoms with Crippen molar-refractivity contribution in [1.82, 2.24) is 0 Å². The molecule has 14 heavy (non-hydrogen) atoms. The lowest BCUT2D eigenvalue weighted by molar-refractivity contribution is -0.148. The van der Waals surface area contributed by atoms with Crippen molar-refractivity contribution in [3.05, 3.63) is 0 Å². The van der Waals surface area contributed by atoms with Crippen LogP contribution in [0.3, 0.4) is 0 Å². The Bertz CT molecular complexity index is 204. The lowest BCUT2D eigenvalue weighted by Gasteiger charge is -2.00. The highest BCUT2D eigenvalue weighted by Crippen LogP contribution is 2.01. The van der Waals surface area contributed by atoms with E-state index in [0.29, 0.717) is 0 Å². The van der Waals surface area contributed by atoms with E-state index in [4.69, 9.17) is 0 Å². The van der Waals surface area contributed by atoms with Gasteiger partial charge in [0.05, 0.1) is 12.8 Å². The molecule has 0 aliphatic heterocycles. The second kappa shape index (κ2) is 8.73. The first-order valence-corrected chi connectivity index (χ1v) is 5.59. The lowest BCUT2D eigenvalue weighted by atomic mass is 10.3. The molecule has 0 amide bonds. The van der Waals surface area contributed by atoms with Crippen LogP contribution in [0.1, 0.15) is 12.8 Å². The summed E-state index contributed by atoms with van der Waals surface area (Å²) >= 11 is 0. The molecule has 0 unspecified atom stereocenters. The minimum Gasteiger partial charge on any atom is -0.453 e. The number of hydrogen-bond donors (Lipinski definition) is 0. The van der Waals surface area contributed by atoms with E-state index in [1.54, 1.807) is 0 Å². The van der Waals surface area contributed by atoms with Gasteiger partial charge in [-0.15, -0.1) is 0 Å². The molecular weight excluding hydrogens is 230 g/mol. The zero-order chi connectivity index (χ0) is 10.8. The van der Waals surface area contributed by atoms with E-state index in [9.17, 15) is 18.7 Å². The number of esters is 2. The molecular formula is C6H8O6P2. The van der Waals surface area contributed by atoms with Gasteiger partial charge in [-0.3, -0.25) is 18.7 Å². The summed E-state index contributed by atoms with van der Waals surface area (Å²) in [5.74, 6) is -1.24. The molecule has 0 bridgehead atoms. The summed E-state index contributed by atoms with van der Waals surface area (Å²) in [6, 6.07) is 0. The fourth-order valence-corrected chi connectivity index (χ4v) is 0.939. The average Bonchev–Trinajstić information content (AvgIpc) is 2.20. The number of ether oxygens (including phenoxy) is 2. The molecule has 0 radical (unpaired) electrons. The molecule has 0 heterocycles. The fraction of sp³-hybridized carbons (Fsp3) is 0.667. The van der Waals surface area contributed by atoms with Crippen molar-refractivity contribution in [2.24, 2.45) is 0 Å². The van der Waals surface area contributed by atoms with Crippen molar-refractivity contribution >= 4 is 28.9 Å². The van der Waals surface area contributed by atoms with Gasteiger partial charge < -0.3 is 9.47 Å². The zero-order valence-electron chi connectivity index (χ0n) is 7.17. The normalized spacial score (nSPS) is 10.0. The molecule has 8 heteroatoms. The molecule has 0 saturated heterocycles. The van der Waals surface area contributed by atoms with Crippen LogP contribution in [-0.2, 0) is 28.2 Å². The summed E-state index contributed by atoms with van der Waals surface area (Å²) in [5.41, 5.74) is 0. The minimum atomic E-state index is -0.620. The van der Waals surface area contributed by atoms with Gasteiger partial charge in [-0.1, -0.05) is 0 Å². The van der Waals surface area contributed by atoms with Gasteiger partial charge in [-0.25, -0.2) is 0 Å². The monoisotopic (exact) mass is 238 g/mol. The lowest BCUT2D eigenvalue weighted by Crippen LogP contribution is -2.09. The predicted molar refractivity (Wildman–Crippen MR) is 46.4 cm³/mol. The highest BCUT2D eigenvalue weighted by atomic mass is 31.1. The molecule has 0 rings (SSSR count). The van der Waals surface area contributed by atoms with Crippen molar-refractivity contribution in [2.75, 3.05) is 12.7 Å². The summed E-state index contributed by atoms with van der Waals surface area (Å²) in [5, 5.41) is 0. The third kappa shape index (κ3) is 7.77. The Labute approximate surface area is 83.4 Å². The Balaban J connectivity index is 3.50. The van der Waals surface area contributed by atoms with Crippen LogP contribution in [0.4, 0.5) is 0 Å². The van der Waals surface area contributed by atoms with Crippen molar-refractivity contribution in [3.8, 4) is 0 Å². The van der Waals surface area contributed by atoms with Gasteiger partial charge in [0.25, 0.3) is 0 Å². The maximum atomic E-state index is 10.7. The van der Waals surface area contributed by atoms with Crippen LogP contribution < -0.4 is 0 Å². The van der Waals surface area contributed by atoms with E-state index >= 15 is 0 Å². The smallest absolute Gasteiger partial charge is 0.307 e. The van der Waals surface area contributed by atoms with E-state index in [1.165, 1.54) is 0 Å². The van der Waals surface area contributed by atoms with E-state index < -0.39 is 11.9 Å². The first kappa shape index (κ1) is 13.1. The van der Waals surface area contributed by atoms with Crippen molar-refractivity contribution in [1.29, 1.82) is 0 Å². The Morgan fingerprint density at radius 2 is 1.21 bits per heavy atom. The molecule has 6 nitrogen and oxygen atoms in total. The molecule has 0 atom stereocenters. The van der Waals surface area contributed by atoms with E-state index in [0.717, 1.165) is 0 Å². The molecule has 0 spiro atoms. The highest BCUT2D eigenvalue weighted by Gasteiger charge is 2.08. The van der Waals surface area contributed by atoms with Crippen LogP contribution >= 0.6 is 16.9 Å². The van der Waals surface area contributed by atoms with Gasteiger partial charge in [-0.05, 0) is 0 Å². The number of rotatable bonds is 7. The summed E-state index contributed by atoms with van der Waals surface area (Å²) in [7, 11) is -0.575. The molecule has 0 aliphatic rings. The van der Waals surface area contributed by atoms with Crippen LogP contribution in [0, 0.1) is 0 Å². The Morgan fingerprint density at radius 3 is 1.50 bits per heavy atom. The third-order valence-electron chi connectivity index (χ3n) is 1.09. The van der Waals surface area contributed by atoms with E-state index in [2.05, 4.69) is 9.47 Å². The number of carbonyl (C=O) groups excluding carboxylic acids is 2. The van der Waals surface area contributed by atoms with Crippen LogP contribution in [0.2, 0.25) is 0 Å². The maximum absolute atomic E-state index is 10.7. The van der Waals surface area contributed by atoms with Crippen LogP contribution in [0.25, 0.3) is 0 Å². The summed E-state index contributed by atoms with van der Waals surface area (Å²) in [4.78, 5) is 21.5. The van der Waals surface area contributed by atoms with Gasteiger partial charge in [0.15, 0.2) is 29.6 Å². The molecule has 0 aliphatic carbocycles. The molecule has 0 saturated carbocycles. The SMILES string of the molecule is O=PCOC(=O)CCC(=O)OCP=O. The largest absolute Gasteiger partial charge is 0.453 e. The first-order valence-electron chi connectivity index (χ1n) is 3.60. The van der Waals surface area contributed by atoms with Gasteiger partial charge in [0.1, 0.15) is 0 Å². The van der Waals surface area contributed by atoms with Crippen LogP contribution in [0.5, 0.6) is 0 Å². The second-order valence-corrected chi connectivity index (χ2v) is 3.08. The Kier molecular flexibility index (Phi) is 8.19. The van der Waals surface area contributed by atoms with E-state index in [1.807, 2.05) is 0 Å². The standard InChI is InChI=1S/C6H8O6P2/c7-5(11-3-13-9)1-2-6(8)12-4-14-10/h1-4H2. The third-order valence-corrected chi connectivity index (χ3v) is 1.56. The van der Waals surface area contributed by atoms with Crippen molar-refractivity contribution in [3.63, 3.8) is 0 Å². The van der Waals surface area contributed by atoms with Crippen molar-refractivity contribution < 1.29 is 28.2 Å². The molecule has 78 valence electrons. The molecule has 0 aromatic rings. The van der Waals surface area contributed by atoms with E-state index in [-0.39, 0.29) is 42.5 Å². The summed E-state index contributed by atoms with van der Waals surface area (Å²) < 4.78 is 28.6. The minimum absolute atomic E-state index is 0.135. The van der Waals surface area contributed by atoms with Gasteiger partial charge in [-0.2, -0.15) is 0 Å². The second-order valence-electron chi connectivity index (χ2n) is 2.05. The van der Waals surface area contributed by atoms with Crippen LogP contribution in [0.15, 0.2) is 0 Å². The predicted octanol–water partition coefficient (Wildman–Crippen LogP) is 1.35. The zero-order valence-corrected chi connectivity index (χ0v) is 8.96. The average molecular weight is 238 g/mol. The topological polar surface area (TPSA) is 86.7 Å². The molecule has 0 fully saturated rings. The maximum Gasteiger partial charge on any atom is 0.307 e. The summed E-state index contributed by atoms with van der Waals surface area (Å²) in [6.45, 7) is 0. The first-order chi connectivity index (χ1) is 6.70. The summed E-state index contributed by atoms with van der Waals surface area (Å²) in [6.07, 6.45) is -0.700. The Hall–Kier alpha value is -0.860. The molecule has 0 N–H and O–H groups in total. The molecule has 0 aromatic carbocycles. The Morgan fingerprint density at radius 1 is 0.857 bits per heavy atom. The number of hydrogen-bond acceptors (Lipinski definition) is 6. The highest BCUT2D eigenvalue weighted by molar-refractivity contribution is 7.23. The van der Waals surface area contributed by atoms with Gasteiger partial charge in [0.2, 0.25) is 0 Å². The van der Waals surface area contributed by atoms with Gasteiger partial charge in [0, 0.05) is 0 Å². The van der Waals surface area contributed by atoms with Gasteiger partial charge >= 0.3 is 11.9 Å². The fourth-order valence-electron chi connectivity index (χ4n) is 0.545. The molecule has 0 aromatic heterocycles. The quantitative estimate of drug-likeness (QED) is 0.491.